The maximum Gasteiger partial charge on any atom is 0 e. The molecule has 0 spiro atoms. The van der Waals surface area contributed by atoms with E-state index in [0.717, 1.165) is 0 Å². The van der Waals surface area contributed by atoms with Crippen molar-refractivity contribution < 1.29 is 552 Å². The monoisotopic (exact) mass is 2220 g/mol. The van der Waals surface area contributed by atoms with Gasteiger partial charge in [0.2, 0.25) is 0 Å². The molecule has 0 aromatic carbocycles. The smallest absolute Gasteiger partial charge is 0 e. The number of rotatable bonds is 0. The van der Waals surface area contributed by atoms with Crippen LogP contribution in [0, 0.1) is 0 Å². The first-order valence-electron chi connectivity index (χ1n) is 0. The van der Waals surface area contributed by atoms with Crippen LogP contribution in [0.1, 0.15) is 0 Å². The van der Waals surface area contributed by atoms with Crippen LogP contribution in [0.2, 0.25) is 0 Å². The van der Waals surface area contributed by atoms with Crippen LogP contribution in [0.3, 0.4) is 0 Å². The SMILES string of the molecule is O.O.O.O.O.O.O.O.O.O.O.O.O.O.O.O.O.O.O.O.O.O.O.O.O.O.O.O.O.O.O.O.O.O.O.O.O.O.O.O.O.O.O.O.O.O.O.[Mo].[Mo].[Mo].[Mo].[Mo].[Mo].[Mo].[Mo].[Mo].[Mo].[Mo].[Mo].[Mo].[Mo]. The minimum absolute atomic E-state index is 0. The van der Waals surface area contributed by atoms with Gasteiger partial charge in [0, 0.05) is 295 Å². The molecular formula is H94Mo14O47. The first kappa shape index (κ1) is 5250. The molecule has 460 valence electrons. The fourth-order valence-electron chi connectivity index (χ4n) is 0. The Kier molecular flexibility index (Phi) is 432000. The average Bonchev–Trinajstić information content (AvgIpc) is 0. The second-order valence-corrected chi connectivity index (χ2v) is 0. The predicted octanol–water partition coefficient (Wildman–Crippen LogP) is -38.8. The molecule has 61 heavy (non-hydrogen) atoms. The first-order chi connectivity index (χ1) is 0. The van der Waals surface area contributed by atoms with Gasteiger partial charge in [0.1, 0.15) is 0 Å². The summed E-state index contributed by atoms with van der Waals surface area (Å²) in [6, 6.07) is 0. The molecule has 0 aromatic heterocycles. The summed E-state index contributed by atoms with van der Waals surface area (Å²) in [6.07, 6.45) is 0. The van der Waals surface area contributed by atoms with Gasteiger partial charge in [-0.15, -0.1) is 0 Å². The summed E-state index contributed by atoms with van der Waals surface area (Å²) in [5, 5.41) is 0. The molecule has 0 rings (SSSR count). The Bertz CT molecular complexity index is 47.4. The minimum atomic E-state index is 0. The van der Waals surface area contributed by atoms with Crippen molar-refractivity contribution in [2.24, 2.45) is 0 Å². The Morgan fingerprint density at radius 1 is 0.0328 bits per heavy atom. The van der Waals surface area contributed by atoms with Crippen LogP contribution in [-0.4, -0.2) is 257 Å². The van der Waals surface area contributed by atoms with Gasteiger partial charge in [-0.25, -0.2) is 0 Å². The maximum atomic E-state index is 0. The maximum absolute atomic E-state index is 0. The van der Waals surface area contributed by atoms with Crippen LogP contribution >= 0.6 is 0 Å². The van der Waals surface area contributed by atoms with E-state index in [9.17, 15) is 0 Å². The molecule has 61 heteroatoms. The third-order valence-electron chi connectivity index (χ3n) is 0. The van der Waals surface area contributed by atoms with Crippen molar-refractivity contribution >= 4 is 0 Å². The van der Waals surface area contributed by atoms with E-state index in [1.165, 1.54) is 0 Å². The molecule has 0 unspecified atom stereocenters. The Labute approximate surface area is 544 Å². The normalized spacial score (nSPS) is 0. The Morgan fingerprint density at radius 2 is 0.0328 bits per heavy atom. The molecule has 0 saturated carbocycles. The molecule has 0 aromatic rings. The average molecular weight is 2190 g/mol. The first-order valence-corrected chi connectivity index (χ1v) is 0. The zero-order chi connectivity index (χ0) is 0. The van der Waals surface area contributed by atoms with Gasteiger partial charge in [0.15, 0.2) is 0 Å². The molecular weight excluding hydrogens is 2100 g/mol. The molecule has 0 aliphatic carbocycles. The van der Waals surface area contributed by atoms with E-state index < -0.39 is 0 Å². The van der Waals surface area contributed by atoms with E-state index in [0.29, 0.717) is 0 Å². The Hall–Kier alpha value is 7.76. The summed E-state index contributed by atoms with van der Waals surface area (Å²) in [7, 11) is 0. The zero-order valence-electron chi connectivity index (χ0n) is 29.2. The van der Waals surface area contributed by atoms with Crippen LogP contribution in [-0.2, 0) is 295 Å². The summed E-state index contributed by atoms with van der Waals surface area (Å²) in [4.78, 5) is 0. The molecule has 0 fully saturated rings. The van der Waals surface area contributed by atoms with E-state index in [2.05, 4.69) is 0 Å². The Morgan fingerprint density at radius 3 is 0.0328 bits per heavy atom. The quantitative estimate of drug-likeness (QED) is 0.204. The second-order valence-electron chi connectivity index (χ2n) is 0. The fourth-order valence-corrected chi connectivity index (χ4v) is 0. The van der Waals surface area contributed by atoms with Gasteiger partial charge < -0.3 is 257 Å². The molecule has 0 aliphatic rings. The van der Waals surface area contributed by atoms with Crippen LogP contribution in [0.25, 0.3) is 0 Å². The van der Waals surface area contributed by atoms with Gasteiger partial charge in [0.05, 0.1) is 0 Å². The van der Waals surface area contributed by atoms with Gasteiger partial charge in [-0.05, 0) is 0 Å². The van der Waals surface area contributed by atoms with E-state index >= 15 is 0 Å². The summed E-state index contributed by atoms with van der Waals surface area (Å²) in [6.45, 7) is 0. The third kappa shape index (κ3) is 4870. The largest absolute Gasteiger partial charge is 0.412 e. The molecule has 0 heterocycles. The zero-order valence-corrected chi connectivity index (χ0v) is 57.3. The van der Waals surface area contributed by atoms with E-state index in [4.69, 9.17) is 0 Å². The van der Waals surface area contributed by atoms with Gasteiger partial charge >= 0.3 is 0 Å². The van der Waals surface area contributed by atoms with Crippen molar-refractivity contribution in [2.75, 3.05) is 0 Å². The molecule has 0 saturated heterocycles. The number of hydrogen-bond donors (Lipinski definition) is 0. The van der Waals surface area contributed by atoms with Crippen LogP contribution in [0.15, 0.2) is 0 Å². The van der Waals surface area contributed by atoms with E-state index in [1.807, 2.05) is 0 Å². The fraction of sp³-hybridized carbons (Fsp3) is 0. The minimum Gasteiger partial charge on any atom is -0.412 e. The summed E-state index contributed by atoms with van der Waals surface area (Å²) < 4.78 is 0. The molecule has 0 aliphatic heterocycles. The number of hydrogen-bond acceptors (Lipinski definition) is 0. The van der Waals surface area contributed by atoms with Crippen molar-refractivity contribution in [3.8, 4) is 0 Å². The van der Waals surface area contributed by atoms with E-state index in [-0.39, 0.29) is 552 Å². The predicted molar refractivity (Wildman–Crippen MR) is 170 cm³/mol. The van der Waals surface area contributed by atoms with Gasteiger partial charge in [-0.2, -0.15) is 0 Å². The van der Waals surface area contributed by atoms with Gasteiger partial charge in [0.25, 0.3) is 0 Å². The summed E-state index contributed by atoms with van der Waals surface area (Å²) in [5.41, 5.74) is 0. The molecule has 0 atom stereocenters. The topological polar surface area (TPSA) is 1480 Å². The molecule has 47 nitrogen and oxygen atoms in total. The van der Waals surface area contributed by atoms with Crippen LogP contribution in [0.4, 0.5) is 0 Å². The van der Waals surface area contributed by atoms with Crippen molar-refractivity contribution in [1.82, 2.24) is 0 Å². The summed E-state index contributed by atoms with van der Waals surface area (Å²) >= 11 is 0. The second kappa shape index (κ2) is 5020. The van der Waals surface area contributed by atoms with Crippen molar-refractivity contribution in [3.05, 3.63) is 0 Å². The van der Waals surface area contributed by atoms with Crippen LogP contribution in [0.5, 0.6) is 0 Å². The van der Waals surface area contributed by atoms with Crippen molar-refractivity contribution in [1.29, 1.82) is 0 Å². The van der Waals surface area contributed by atoms with Crippen molar-refractivity contribution in [3.63, 3.8) is 0 Å². The Balaban J connectivity index is 0. The summed E-state index contributed by atoms with van der Waals surface area (Å²) in [5.74, 6) is 0. The molecule has 0 radical (unpaired) electrons. The van der Waals surface area contributed by atoms with Gasteiger partial charge in [-0.3, -0.25) is 0 Å². The van der Waals surface area contributed by atoms with Crippen LogP contribution < -0.4 is 0 Å². The third-order valence-corrected chi connectivity index (χ3v) is 0. The molecule has 94 N–H and O–H groups in total. The standard InChI is InChI=1S/14Mo.47H2O/h;;;;;;;;;;;;;;47*1H2. The van der Waals surface area contributed by atoms with Crippen molar-refractivity contribution in [2.45, 2.75) is 0 Å². The molecule has 0 amide bonds. The molecule has 0 bridgehead atoms. The van der Waals surface area contributed by atoms with Gasteiger partial charge in [-0.1, -0.05) is 0 Å². The van der Waals surface area contributed by atoms with E-state index in [1.54, 1.807) is 0 Å².